The summed E-state index contributed by atoms with van der Waals surface area (Å²) in [6, 6.07) is 0. The van der Waals surface area contributed by atoms with Gasteiger partial charge in [0.05, 0.1) is 13.2 Å². The molecule has 0 spiro atoms. The normalized spacial score (nSPS) is 12.0. The van der Waals surface area contributed by atoms with Crippen molar-refractivity contribution < 1.29 is 14.3 Å². The second-order valence-electron chi connectivity index (χ2n) is 5.69. The fourth-order valence-electron chi connectivity index (χ4n) is 1.43. The van der Waals surface area contributed by atoms with Gasteiger partial charge in [-0.15, -0.1) is 0 Å². The zero-order valence-corrected chi connectivity index (χ0v) is 12.6. The molecule has 106 valence electrons. The van der Waals surface area contributed by atoms with Crippen LogP contribution in [0, 0.1) is 11.3 Å². The fourth-order valence-corrected chi connectivity index (χ4v) is 1.43. The number of carbonyl (C=O) groups is 2. The molecule has 0 atom stereocenters. The number of ether oxygens (including phenoxy) is 1. The Balaban J connectivity index is 4.33. The van der Waals surface area contributed by atoms with Crippen molar-refractivity contribution in [3.8, 4) is 0 Å². The number of rotatable bonds is 8. The number of carbonyl (C=O) groups excluding carboxylic acids is 2. The molecular weight excluding hydrogens is 230 g/mol. The molecular formula is C14H27NO3. The van der Waals surface area contributed by atoms with E-state index in [4.69, 9.17) is 4.74 Å². The lowest BCUT2D eigenvalue weighted by Crippen LogP contribution is -2.41. The first-order valence-corrected chi connectivity index (χ1v) is 6.60. The highest BCUT2D eigenvalue weighted by atomic mass is 16.5. The van der Waals surface area contributed by atoms with Gasteiger partial charge in [-0.05, 0) is 46.7 Å². The summed E-state index contributed by atoms with van der Waals surface area (Å²) < 4.78 is 4.93. The third-order valence-corrected chi connectivity index (χ3v) is 2.98. The number of Topliss-reactive ketones (excluding diaryl/α,β-unsaturated/α-hetero) is 1. The van der Waals surface area contributed by atoms with Gasteiger partial charge in [0.1, 0.15) is 5.41 Å². The highest BCUT2D eigenvalue weighted by Crippen LogP contribution is 2.19. The first kappa shape index (κ1) is 17.1. The van der Waals surface area contributed by atoms with E-state index in [1.807, 2.05) is 11.9 Å². The topological polar surface area (TPSA) is 46.6 Å². The average molecular weight is 257 g/mol. The van der Waals surface area contributed by atoms with E-state index in [0.29, 0.717) is 19.1 Å². The summed E-state index contributed by atoms with van der Waals surface area (Å²) in [5, 5.41) is 0. The van der Waals surface area contributed by atoms with Crippen LogP contribution in [0.1, 0.15) is 41.0 Å². The van der Waals surface area contributed by atoms with Crippen molar-refractivity contribution in [2.75, 3.05) is 26.7 Å². The van der Waals surface area contributed by atoms with Crippen LogP contribution in [0.3, 0.4) is 0 Å². The molecule has 0 N–H and O–H groups in total. The molecule has 0 aromatic rings. The lowest BCUT2D eigenvalue weighted by molar-refractivity contribution is -0.158. The number of nitrogens with zero attached hydrogens (tertiary/aromatic N) is 1. The summed E-state index contributed by atoms with van der Waals surface area (Å²) in [6.07, 6.45) is 1.05. The predicted molar refractivity (Wildman–Crippen MR) is 72.4 cm³/mol. The van der Waals surface area contributed by atoms with Gasteiger partial charge in [0, 0.05) is 0 Å². The van der Waals surface area contributed by atoms with Gasteiger partial charge in [0.15, 0.2) is 5.78 Å². The van der Waals surface area contributed by atoms with Gasteiger partial charge >= 0.3 is 5.97 Å². The first-order chi connectivity index (χ1) is 8.21. The van der Waals surface area contributed by atoms with Crippen LogP contribution in [-0.2, 0) is 14.3 Å². The maximum Gasteiger partial charge on any atom is 0.319 e. The number of hydrogen-bond donors (Lipinski definition) is 0. The van der Waals surface area contributed by atoms with Crippen molar-refractivity contribution in [2.45, 2.75) is 41.0 Å². The Morgan fingerprint density at radius 1 is 1.28 bits per heavy atom. The largest absolute Gasteiger partial charge is 0.465 e. The molecule has 0 rings (SSSR count). The predicted octanol–water partition coefficient (Wildman–Crippen LogP) is 2.12. The molecule has 18 heavy (non-hydrogen) atoms. The van der Waals surface area contributed by atoms with Crippen molar-refractivity contribution in [3.05, 3.63) is 0 Å². The molecule has 0 unspecified atom stereocenters. The molecule has 4 nitrogen and oxygen atoms in total. The van der Waals surface area contributed by atoms with E-state index in [2.05, 4.69) is 13.8 Å². The van der Waals surface area contributed by atoms with Crippen LogP contribution in [-0.4, -0.2) is 43.4 Å². The monoisotopic (exact) mass is 257 g/mol. The SMILES string of the molecule is CCOC(=O)C(C)(C)C(=O)CN(C)CCC(C)C. The molecule has 0 heterocycles. The number of esters is 1. The quantitative estimate of drug-likeness (QED) is 0.493. The summed E-state index contributed by atoms with van der Waals surface area (Å²) in [4.78, 5) is 25.7. The van der Waals surface area contributed by atoms with Crippen molar-refractivity contribution in [1.82, 2.24) is 4.90 Å². The average Bonchev–Trinajstić information content (AvgIpc) is 2.26. The highest BCUT2D eigenvalue weighted by Gasteiger charge is 2.37. The van der Waals surface area contributed by atoms with Crippen LogP contribution < -0.4 is 0 Å². The van der Waals surface area contributed by atoms with Crippen LogP contribution in [0.5, 0.6) is 0 Å². The van der Waals surface area contributed by atoms with Crippen LogP contribution in [0.25, 0.3) is 0 Å². The van der Waals surface area contributed by atoms with Crippen LogP contribution >= 0.6 is 0 Å². The van der Waals surface area contributed by atoms with Crippen LogP contribution in [0.2, 0.25) is 0 Å². The van der Waals surface area contributed by atoms with Gasteiger partial charge in [0.2, 0.25) is 0 Å². The molecule has 0 aliphatic carbocycles. The Morgan fingerprint density at radius 3 is 2.28 bits per heavy atom. The van der Waals surface area contributed by atoms with E-state index >= 15 is 0 Å². The van der Waals surface area contributed by atoms with Gasteiger partial charge in [-0.2, -0.15) is 0 Å². The van der Waals surface area contributed by atoms with Crippen molar-refractivity contribution in [2.24, 2.45) is 11.3 Å². The lowest BCUT2D eigenvalue weighted by atomic mass is 9.88. The van der Waals surface area contributed by atoms with E-state index in [9.17, 15) is 9.59 Å². The van der Waals surface area contributed by atoms with E-state index < -0.39 is 11.4 Å². The van der Waals surface area contributed by atoms with E-state index in [-0.39, 0.29) is 5.78 Å². The molecule has 0 aliphatic rings. The van der Waals surface area contributed by atoms with Crippen molar-refractivity contribution in [1.29, 1.82) is 0 Å². The summed E-state index contributed by atoms with van der Waals surface area (Å²) in [6.45, 7) is 10.8. The lowest BCUT2D eigenvalue weighted by Gasteiger charge is -2.24. The zero-order valence-electron chi connectivity index (χ0n) is 12.6. The Morgan fingerprint density at radius 2 is 1.83 bits per heavy atom. The highest BCUT2D eigenvalue weighted by molar-refractivity contribution is 6.03. The maximum atomic E-state index is 12.1. The Bertz CT molecular complexity index is 285. The standard InChI is InChI=1S/C14H27NO3/c1-7-18-13(17)14(4,5)12(16)10-15(6)9-8-11(2)3/h11H,7-10H2,1-6H3. The van der Waals surface area contributed by atoms with E-state index in [1.165, 1.54) is 0 Å². The minimum Gasteiger partial charge on any atom is -0.465 e. The molecule has 0 amide bonds. The van der Waals surface area contributed by atoms with Crippen molar-refractivity contribution >= 4 is 11.8 Å². The van der Waals surface area contributed by atoms with Gasteiger partial charge in [-0.25, -0.2) is 0 Å². The molecule has 0 aliphatic heterocycles. The second-order valence-corrected chi connectivity index (χ2v) is 5.69. The first-order valence-electron chi connectivity index (χ1n) is 6.60. The number of ketones is 1. The maximum absolute atomic E-state index is 12.1. The Kier molecular flexibility index (Phi) is 7.14. The van der Waals surface area contributed by atoms with Crippen LogP contribution in [0.15, 0.2) is 0 Å². The van der Waals surface area contributed by atoms with Crippen molar-refractivity contribution in [3.63, 3.8) is 0 Å². The Labute approximate surface area is 111 Å². The number of hydrogen-bond acceptors (Lipinski definition) is 4. The molecule has 0 aromatic heterocycles. The minimum atomic E-state index is -1.05. The molecule has 0 saturated heterocycles. The molecule has 0 fully saturated rings. The summed E-state index contributed by atoms with van der Waals surface area (Å²) in [5.74, 6) is 0.0834. The number of likely N-dealkylation sites (N-methyl/N-ethyl adjacent to an activating group) is 1. The van der Waals surface area contributed by atoms with Crippen LogP contribution in [0.4, 0.5) is 0 Å². The zero-order chi connectivity index (χ0) is 14.3. The summed E-state index contributed by atoms with van der Waals surface area (Å²) >= 11 is 0. The molecule has 0 saturated carbocycles. The molecule has 0 aromatic carbocycles. The minimum absolute atomic E-state index is 0.0905. The molecule has 4 heteroatoms. The van der Waals surface area contributed by atoms with Gasteiger partial charge in [-0.1, -0.05) is 13.8 Å². The third kappa shape index (κ3) is 5.63. The van der Waals surface area contributed by atoms with Gasteiger partial charge < -0.3 is 4.74 Å². The molecule has 0 radical (unpaired) electrons. The fraction of sp³-hybridized carbons (Fsp3) is 0.857. The molecule has 0 bridgehead atoms. The van der Waals surface area contributed by atoms with Gasteiger partial charge in [0.25, 0.3) is 0 Å². The Hall–Kier alpha value is -0.900. The van der Waals surface area contributed by atoms with E-state index in [0.717, 1.165) is 13.0 Å². The smallest absolute Gasteiger partial charge is 0.319 e. The van der Waals surface area contributed by atoms with Gasteiger partial charge in [-0.3, -0.25) is 14.5 Å². The second kappa shape index (κ2) is 7.52. The summed E-state index contributed by atoms with van der Waals surface area (Å²) in [5.41, 5.74) is -1.05. The van der Waals surface area contributed by atoms with E-state index in [1.54, 1.807) is 20.8 Å². The summed E-state index contributed by atoms with van der Waals surface area (Å²) in [7, 11) is 1.90. The third-order valence-electron chi connectivity index (χ3n) is 2.98.